The Hall–Kier alpha value is -1.14. The van der Waals surface area contributed by atoms with Crippen LogP contribution < -0.4 is 4.74 Å². The van der Waals surface area contributed by atoms with Crippen molar-refractivity contribution in [3.63, 3.8) is 0 Å². The first-order valence-electron chi connectivity index (χ1n) is 7.56. The summed E-state index contributed by atoms with van der Waals surface area (Å²) in [5.41, 5.74) is 1.09. The summed E-state index contributed by atoms with van der Waals surface area (Å²) in [7, 11) is 0. The van der Waals surface area contributed by atoms with E-state index in [1.54, 1.807) is 0 Å². The molecule has 0 bridgehead atoms. The number of hydrogen-bond donors (Lipinski definition) is 3. The predicted octanol–water partition coefficient (Wildman–Crippen LogP) is 0.991. The maximum atomic E-state index is 10.4. The standard InChI is InChI=1S/C16H22O5/c17-9-7-12-10-13(18)15(19)16(20-12)8-3-5-11-4-1-2-6-14(11)21-16/h1-2,4,6,12-13,15,17-19H,3,5,7-10H2/t12-,13+,15-,16+/m1/s1. The molecule has 5 heteroatoms. The molecule has 1 aromatic rings. The fraction of sp³-hybridized carbons (Fsp3) is 0.625. The number of hydrogen-bond acceptors (Lipinski definition) is 5. The Balaban J connectivity index is 1.90. The molecule has 1 fully saturated rings. The SMILES string of the molecule is OCC[C@@H]1C[C@H](O)[C@@H](O)[C@@]2(CCCc3ccccc3O2)O1. The van der Waals surface area contributed by atoms with E-state index in [4.69, 9.17) is 14.6 Å². The summed E-state index contributed by atoms with van der Waals surface area (Å²) in [6.45, 7) is -0.0137. The number of rotatable bonds is 2. The van der Waals surface area contributed by atoms with Crippen molar-refractivity contribution in [2.75, 3.05) is 6.61 Å². The summed E-state index contributed by atoms with van der Waals surface area (Å²) in [5.74, 6) is -0.518. The summed E-state index contributed by atoms with van der Waals surface area (Å²) in [5, 5.41) is 29.7. The van der Waals surface area contributed by atoms with Crippen molar-refractivity contribution in [3.8, 4) is 5.75 Å². The average Bonchev–Trinajstić information content (AvgIpc) is 2.65. The number of ether oxygens (including phenoxy) is 2. The lowest BCUT2D eigenvalue weighted by Crippen LogP contribution is -2.61. The van der Waals surface area contributed by atoms with Gasteiger partial charge >= 0.3 is 0 Å². The van der Waals surface area contributed by atoms with Gasteiger partial charge in [0.1, 0.15) is 11.9 Å². The summed E-state index contributed by atoms with van der Waals surface area (Å²) in [6, 6.07) is 7.71. The van der Waals surface area contributed by atoms with Crippen LogP contribution in [0.2, 0.25) is 0 Å². The second-order valence-corrected chi connectivity index (χ2v) is 5.88. The van der Waals surface area contributed by atoms with Crippen molar-refractivity contribution >= 4 is 0 Å². The minimum Gasteiger partial charge on any atom is -0.459 e. The summed E-state index contributed by atoms with van der Waals surface area (Å²) in [4.78, 5) is 0. The number of aliphatic hydroxyl groups excluding tert-OH is 3. The zero-order valence-corrected chi connectivity index (χ0v) is 11.9. The van der Waals surface area contributed by atoms with Crippen LogP contribution in [-0.2, 0) is 11.2 Å². The van der Waals surface area contributed by atoms with Gasteiger partial charge in [-0.05, 0) is 30.9 Å². The Morgan fingerprint density at radius 1 is 1.24 bits per heavy atom. The lowest BCUT2D eigenvalue weighted by atomic mass is 9.90. The van der Waals surface area contributed by atoms with Crippen molar-refractivity contribution in [1.82, 2.24) is 0 Å². The van der Waals surface area contributed by atoms with Gasteiger partial charge in [-0.15, -0.1) is 0 Å². The first kappa shape index (κ1) is 14.8. The molecule has 3 N–H and O–H groups in total. The molecule has 2 heterocycles. The van der Waals surface area contributed by atoms with Crippen LogP contribution in [0.1, 0.15) is 31.2 Å². The van der Waals surface area contributed by atoms with Crippen LogP contribution in [0, 0.1) is 0 Å². The number of benzene rings is 1. The van der Waals surface area contributed by atoms with E-state index in [1.807, 2.05) is 24.3 Å². The first-order valence-corrected chi connectivity index (χ1v) is 7.56. The molecule has 1 aromatic carbocycles. The maximum Gasteiger partial charge on any atom is 0.239 e. The van der Waals surface area contributed by atoms with Crippen LogP contribution in [-0.4, -0.2) is 46.0 Å². The lowest BCUT2D eigenvalue weighted by molar-refractivity contribution is -0.311. The Morgan fingerprint density at radius 3 is 2.86 bits per heavy atom. The first-order chi connectivity index (χ1) is 10.1. The Labute approximate surface area is 124 Å². The van der Waals surface area contributed by atoms with Gasteiger partial charge in [0.15, 0.2) is 0 Å². The minimum atomic E-state index is -1.22. The summed E-state index contributed by atoms with van der Waals surface area (Å²) >= 11 is 0. The maximum absolute atomic E-state index is 10.4. The molecule has 1 saturated heterocycles. The van der Waals surface area contributed by atoms with Crippen molar-refractivity contribution in [2.24, 2.45) is 0 Å². The largest absolute Gasteiger partial charge is 0.459 e. The summed E-state index contributed by atoms with van der Waals surface area (Å²) < 4.78 is 12.0. The highest BCUT2D eigenvalue weighted by atomic mass is 16.7. The van der Waals surface area contributed by atoms with Gasteiger partial charge in [-0.25, -0.2) is 0 Å². The predicted molar refractivity (Wildman–Crippen MR) is 75.9 cm³/mol. The van der Waals surface area contributed by atoms with E-state index in [2.05, 4.69) is 0 Å². The third-order valence-electron chi connectivity index (χ3n) is 4.36. The zero-order valence-electron chi connectivity index (χ0n) is 11.9. The van der Waals surface area contributed by atoms with Crippen LogP contribution in [0.3, 0.4) is 0 Å². The van der Waals surface area contributed by atoms with Gasteiger partial charge in [0.05, 0.1) is 12.2 Å². The van der Waals surface area contributed by atoms with Gasteiger partial charge in [0.25, 0.3) is 0 Å². The number of para-hydroxylation sites is 1. The van der Waals surface area contributed by atoms with Crippen LogP contribution in [0.15, 0.2) is 24.3 Å². The van der Waals surface area contributed by atoms with Gasteiger partial charge in [0, 0.05) is 19.4 Å². The quantitative estimate of drug-likeness (QED) is 0.758. The highest BCUT2D eigenvalue weighted by molar-refractivity contribution is 5.35. The highest BCUT2D eigenvalue weighted by Gasteiger charge is 2.51. The van der Waals surface area contributed by atoms with Crippen molar-refractivity contribution < 1.29 is 24.8 Å². The molecule has 21 heavy (non-hydrogen) atoms. The van der Waals surface area contributed by atoms with Crippen molar-refractivity contribution in [2.45, 2.75) is 56.2 Å². The second kappa shape index (κ2) is 5.93. The molecule has 2 aliphatic rings. The normalized spacial score (nSPS) is 35.9. The molecule has 116 valence electrons. The average molecular weight is 294 g/mol. The number of aliphatic hydroxyl groups is 3. The third-order valence-corrected chi connectivity index (χ3v) is 4.36. The Morgan fingerprint density at radius 2 is 2.05 bits per heavy atom. The molecule has 0 aromatic heterocycles. The van der Waals surface area contributed by atoms with Gasteiger partial charge in [-0.2, -0.15) is 0 Å². The van der Waals surface area contributed by atoms with E-state index in [1.165, 1.54) is 0 Å². The van der Waals surface area contributed by atoms with Gasteiger partial charge in [-0.1, -0.05) is 18.2 Å². The second-order valence-electron chi connectivity index (χ2n) is 5.88. The van der Waals surface area contributed by atoms with Gasteiger partial charge < -0.3 is 24.8 Å². The highest BCUT2D eigenvalue weighted by Crippen LogP contribution is 2.40. The van der Waals surface area contributed by atoms with Crippen molar-refractivity contribution in [1.29, 1.82) is 0 Å². The fourth-order valence-electron chi connectivity index (χ4n) is 3.28. The van der Waals surface area contributed by atoms with E-state index >= 15 is 0 Å². The molecule has 0 aliphatic carbocycles. The molecule has 0 unspecified atom stereocenters. The van der Waals surface area contributed by atoms with Gasteiger partial charge in [-0.3, -0.25) is 0 Å². The number of fused-ring (bicyclic) bond motifs is 1. The van der Waals surface area contributed by atoms with E-state index in [9.17, 15) is 10.2 Å². The molecule has 0 saturated carbocycles. The number of aryl methyl sites for hydroxylation is 1. The monoisotopic (exact) mass is 294 g/mol. The molecule has 5 nitrogen and oxygen atoms in total. The van der Waals surface area contributed by atoms with Crippen LogP contribution in [0.4, 0.5) is 0 Å². The molecule has 0 amide bonds. The smallest absolute Gasteiger partial charge is 0.239 e. The molecule has 1 spiro atoms. The molecule has 4 atom stereocenters. The van der Waals surface area contributed by atoms with Gasteiger partial charge in [0.2, 0.25) is 5.79 Å². The third kappa shape index (κ3) is 2.79. The van der Waals surface area contributed by atoms with E-state index in [0.29, 0.717) is 25.0 Å². The molecule has 3 rings (SSSR count). The topological polar surface area (TPSA) is 79.2 Å². The minimum absolute atomic E-state index is 0.0137. The van der Waals surface area contributed by atoms with E-state index in [-0.39, 0.29) is 12.7 Å². The zero-order chi connectivity index (χ0) is 14.9. The van der Waals surface area contributed by atoms with Crippen LogP contribution >= 0.6 is 0 Å². The fourth-order valence-corrected chi connectivity index (χ4v) is 3.28. The van der Waals surface area contributed by atoms with Crippen LogP contribution in [0.25, 0.3) is 0 Å². The molecular formula is C16H22O5. The van der Waals surface area contributed by atoms with Crippen molar-refractivity contribution in [3.05, 3.63) is 29.8 Å². The van der Waals surface area contributed by atoms with E-state index < -0.39 is 18.0 Å². The molecule has 2 aliphatic heterocycles. The van der Waals surface area contributed by atoms with E-state index in [0.717, 1.165) is 18.4 Å². The lowest BCUT2D eigenvalue weighted by Gasteiger charge is -2.46. The molecule has 0 radical (unpaired) electrons. The van der Waals surface area contributed by atoms with Crippen LogP contribution in [0.5, 0.6) is 5.75 Å². The summed E-state index contributed by atoms with van der Waals surface area (Å²) in [6.07, 6.45) is 0.631. The Bertz CT molecular complexity index is 491. The Kier molecular flexibility index (Phi) is 4.17. The molecular weight excluding hydrogens is 272 g/mol.